The molecule has 1 atom stereocenters. The van der Waals surface area contributed by atoms with E-state index in [4.69, 9.17) is 4.74 Å². The molecule has 0 aliphatic carbocycles. The Bertz CT molecular complexity index is 390. The van der Waals surface area contributed by atoms with Gasteiger partial charge in [-0.3, -0.25) is 0 Å². The largest absolute Gasteiger partial charge is 0.357 e. The Kier molecular flexibility index (Phi) is 4.92. The molecule has 6 heteroatoms. The lowest BCUT2D eigenvalue weighted by Crippen LogP contribution is -2.23. The van der Waals surface area contributed by atoms with Crippen LogP contribution in [0.5, 0.6) is 0 Å². The number of hydrogen-bond acceptors (Lipinski definition) is 2. The summed E-state index contributed by atoms with van der Waals surface area (Å²) in [5.41, 5.74) is 0.642. The third-order valence-corrected chi connectivity index (χ3v) is 5.12. The maximum atomic E-state index is 13.7. The number of halogens is 2. The quantitative estimate of drug-likeness (QED) is 0.767. The number of hydrogen-bond donors (Lipinski definition) is 0. The molecule has 17 heavy (non-hydrogen) atoms. The average Bonchev–Trinajstić information content (AvgIpc) is 2.44. The monoisotopic (exact) mass is 322 g/mol. The molecule has 1 heterocycles. The summed E-state index contributed by atoms with van der Waals surface area (Å²) in [6, 6.07) is 1.07. The lowest BCUT2D eigenvalue weighted by atomic mass is 10.5. The first-order valence-electron chi connectivity index (χ1n) is 5.74. The summed E-state index contributed by atoms with van der Waals surface area (Å²) in [5.74, 6) is -0.372. The first-order chi connectivity index (χ1) is 7.72. The summed E-state index contributed by atoms with van der Waals surface area (Å²) in [7, 11) is -1.10. The van der Waals surface area contributed by atoms with Crippen molar-refractivity contribution >= 4 is 24.0 Å². The van der Waals surface area contributed by atoms with Gasteiger partial charge in [0, 0.05) is 14.7 Å². The minimum atomic E-state index is -1.10. The maximum absolute atomic E-state index is 13.7. The van der Waals surface area contributed by atoms with Crippen LogP contribution in [-0.4, -0.2) is 24.5 Å². The van der Waals surface area contributed by atoms with Gasteiger partial charge in [-0.15, -0.1) is 0 Å². The molecular formula is C11H20BrFN2OSi. The molecule has 1 aromatic rings. The topological polar surface area (TPSA) is 27.1 Å². The highest BCUT2D eigenvalue weighted by molar-refractivity contribution is 9.10. The van der Waals surface area contributed by atoms with Crippen molar-refractivity contribution in [1.82, 2.24) is 9.78 Å². The van der Waals surface area contributed by atoms with E-state index in [1.165, 1.54) is 4.68 Å². The van der Waals surface area contributed by atoms with E-state index in [0.717, 1.165) is 6.04 Å². The van der Waals surface area contributed by atoms with Crippen molar-refractivity contribution in [2.45, 2.75) is 45.8 Å². The molecule has 0 radical (unpaired) electrons. The van der Waals surface area contributed by atoms with E-state index in [0.29, 0.717) is 16.8 Å². The summed E-state index contributed by atoms with van der Waals surface area (Å²) < 4.78 is 21.0. The van der Waals surface area contributed by atoms with Gasteiger partial charge in [-0.25, -0.2) is 4.68 Å². The number of rotatable bonds is 5. The molecule has 1 rings (SSSR count). The third kappa shape index (κ3) is 4.19. The summed E-state index contributed by atoms with van der Waals surface area (Å²) in [6.07, 6.45) is -0.364. The third-order valence-electron chi connectivity index (χ3n) is 2.51. The van der Waals surface area contributed by atoms with Gasteiger partial charge in [-0.2, -0.15) is 9.49 Å². The van der Waals surface area contributed by atoms with Crippen LogP contribution in [-0.2, 0) is 4.74 Å². The zero-order chi connectivity index (χ0) is 13.2. The highest BCUT2D eigenvalue weighted by Crippen LogP contribution is 2.22. The van der Waals surface area contributed by atoms with Crippen LogP contribution in [0.25, 0.3) is 0 Å². The van der Waals surface area contributed by atoms with Crippen LogP contribution in [0.2, 0.25) is 25.7 Å². The molecule has 0 aliphatic heterocycles. The van der Waals surface area contributed by atoms with E-state index in [-0.39, 0.29) is 12.2 Å². The van der Waals surface area contributed by atoms with Gasteiger partial charge in [-0.05, 0) is 35.8 Å². The molecule has 0 bridgehead atoms. The van der Waals surface area contributed by atoms with Gasteiger partial charge in [-0.1, -0.05) is 19.6 Å². The molecule has 0 fully saturated rings. The highest BCUT2D eigenvalue weighted by atomic mass is 79.9. The van der Waals surface area contributed by atoms with Crippen LogP contribution >= 0.6 is 15.9 Å². The average molecular weight is 323 g/mol. The molecule has 0 saturated heterocycles. The van der Waals surface area contributed by atoms with E-state index >= 15 is 0 Å². The molecule has 1 aromatic heterocycles. The molecule has 0 aliphatic rings. The Morgan fingerprint density at radius 3 is 2.47 bits per heavy atom. The van der Waals surface area contributed by atoms with Crippen molar-refractivity contribution in [1.29, 1.82) is 0 Å². The van der Waals surface area contributed by atoms with Crippen LogP contribution < -0.4 is 0 Å². The molecular weight excluding hydrogens is 303 g/mol. The Hall–Kier alpha value is -0.203. The SMILES string of the molecule is Cc1nn(C(C)OCC[Si](C)(C)C)c(F)c1Br. The van der Waals surface area contributed by atoms with Gasteiger partial charge in [0.2, 0.25) is 5.95 Å². The van der Waals surface area contributed by atoms with Gasteiger partial charge >= 0.3 is 0 Å². The van der Waals surface area contributed by atoms with Crippen LogP contribution in [0.1, 0.15) is 18.8 Å². The second kappa shape index (κ2) is 5.62. The smallest absolute Gasteiger partial charge is 0.228 e. The van der Waals surface area contributed by atoms with Crippen LogP contribution in [0.4, 0.5) is 4.39 Å². The van der Waals surface area contributed by atoms with Gasteiger partial charge in [0.15, 0.2) is 0 Å². The first-order valence-corrected chi connectivity index (χ1v) is 10.2. The lowest BCUT2D eigenvalue weighted by molar-refractivity contribution is 0.00721. The minimum Gasteiger partial charge on any atom is -0.357 e. The van der Waals surface area contributed by atoms with E-state index in [2.05, 4.69) is 40.7 Å². The fourth-order valence-corrected chi connectivity index (χ4v) is 2.34. The fourth-order valence-electron chi connectivity index (χ4n) is 1.35. The van der Waals surface area contributed by atoms with Gasteiger partial charge < -0.3 is 4.74 Å². The van der Waals surface area contributed by atoms with Crippen LogP contribution in [0.15, 0.2) is 4.47 Å². The van der Waals surface area contributed by atoms with Crippen LogP contribution in [0, 0.1) is 12.9 Å². The first kappa shape index (κ1) is 14.9. The van der Waals surface area contributed by atoms with E-state index < -0.39 is 8.07 Å². The zero-order valence-electron chi connectivity index (χ0n) is 11.1. The second-order valence-corrected chi connectivity index (χ2v) is 11.8. The number of aromatic nitrogens is 2. The zero-order valence-corrected chi connectivity index (χ0v) is 13.6. The van der Waals surface area contributed by atoms with Crippen molar-refractivity contribution in [2.75, 3.05) is 6.61 Å². The molecule has 0 saturated carbocycles. The van der Waals surface area contributed by atoms with Gasteiger partial charge in [0.25, 0.3) is 0 Å². The van der Waals surface area contributed by atoms with Crippen molar-refractivity contribution in [3.05, 3.63) is 16.1 Å². The minimum absolute atomic E-state index is 0.364. The Morgan fingerprint density at radius 2 is 2.06 bits per heavy atom. The van der Waals surface area contributed by atoms with E-state index in [9.17, 15) is 4.39 Å². The highest BCUT2D eigenvalue weighted by Gasteiger charge is 2.18. The lowest BCUT2D eigenvalue weighted by Gasteiger charge is -2.18. The standard InChI is InChI=1S/C11H20BrFN2OSi/c1-8-10(12)11(13)15(14-8)9(2)16-6-7-17(3,4)5/h9H,6-7H2,1-5H3. The van der Waals surface area contributed by atoms with E-state index in [1.807, 2.05) is 6.92 Å². The molecule has 0 N–H and O–H groups in total. The molecule has 3 nitrogen and oxygen atoms in total. The molecule has 1 unspecified atom stereocenters. The summed E-state index contributed by atoms with van der Waals surface area (Å²) >= 11 is 3.16. The van der Waals surface area contributed by atoms with Crippen LogP contribution in [0.3, 0.4) is 0 Å². The number of ether oxygens (including phenoxy) is 1. The van der Waals surface area contributed by atoms with Crippen molar-refractivity contribution in [2.24, 2.45) is 0 Å². The molecule has 0 aromatic carbocycles. The Labute approximate surface area is 111 Å². The normalized spacial score (nSPS) is 14.1. The summed E-state index contributed by atoms with van der Waals surface area (Å²) in [6.45, 7) is 11.1. The van der Waals surface area contributed by atoms with Crippen molar-refractivity contribution in [3.8, 4) is 0 Å². The second-order valence-electron chi connectivity index (χ2n) is 5.42. The molecule has 0 amide bonds. The Balaban J connectivity index is 2.58. The van der Waals surface area contributed by atoms with Gasteiger partial charge in [0.1, 0.15) is 6.23 Å². The van der Waals surface area contributed by atoms with Crippen molar-refractivity contribution in [3.63, 3.8) is 0 Å². The predicted octanol–water partition coefficient (Wildman–Crippen LogP) is 3.97. The number of aryl methyl sites for hydroxylation is 1. The number of nitrogens with zero attached hydrogens (tertiary/aromatic N) is 2. The fraction of sp³-hybridized carbons (Fsp3) is 0.727. The summed E-state index contributed by atoms with van der Waals surface area (Å²) in [5, 5.41) is 4.11. The summed E-state index contributed by atoms with van der Waals surface area (Å²) in [4.78, 5) is 0. The van der Waals surface area contributed by atoms with Crippen molar-refractivity contribution < 1.29 is 9.13 Å². The van der Waals surface area contributed by atoms with E-state index in [1.54, 1.807) is 6.92 Å². The maximum Gasteiger partial charge on any atom is 0.228 e. The molecule has 0 spiro atoms. The molecule has 98 valence electrons. The predicted molar refractivity (Wildman–Crippen MR) is 73.4 cm³/mol. The van der Waals surface area contributed by atoms with Gasteiger partial charge in [0.05, 0.1) is 10.2 Å². The Morgan fingerprint density at radius 1 is 1.47 bits per heavy atom.